The number of aromatic hydroxyl groups is 1. The van der Waals surface area contributed by atoms with E-state index in [1.165, 1.54) is 23.6 Å². The molecule has 0 bridgehead atoms. The van der Waals surface area contributed by atoms with Gasteiger partial charge in [-0.3, -0.25) is 14.6 Å². The Morgan fingerprint density at radius 3 is 2.58 bits per heavy atom. The minimum atomic E-state index is -0.235. The molecule has 0 amide bonds. The Morgan fingerprint density at radius 1 is 1.19 bits per heavy atom. The van der Waals surface area contributed by atoms with Gasteiger partial charge >= 0.3 is 0 Å². The Labute approximate surface area is 150 Å². The van der Waals surface area contributed by atoms with Gasteiger partial charge in [-0.2, -0.15) is 0 Å². The van der Waals surface area contributed by atoms with Crippen molar-refractivity contribution in [2.24, 2.45) is 5.73 Å². The quantitative estimate of drug-likeness (QED) is 0.705. The van der Waals surface area contributed by atoms with Gasteiger partial charge in [0.25, 0.3) is 5.56 Å². The van der Waals surface area contributed by atoms with Gasteiger partial charge in [0.15, 0.2) is 5.78 Å². The van der Waals surface area contributed by atoms with Crippen LogP contribution in [0.15, 0.2) is 59.2 Å². The van der Waals surface area contributed by atoms with Gasteiger partial charge in [-0.1, -0.05) is 6.07 Å². The van der Waals surface area contributed by atoms with Crippen LogP contribution in [-0.2, 0) is 11.3 Å². The molecule has 0 spiro atoms. The number of rotatable bonds is 4. The number of allylic oxidation sites excluding steroid dienone is 2. The van der Waals surface area contributed by atoms with Gasteiger partial charge in [0.05, 0.1) is 17.8 Å². The summed E-state index contributed by atoms with van der Waals surface area (Å²) in [6.07, 6.45) is 1.66. The second-order valence-electron chi connectivity index (χ2n) is 6.12. The van der Waals surface area contributed by atoms with Crippen LogP contribution >= 0.6 is 0 Å². The lowest BCUT2D eigenvalue weighted by atomic mass is 9.97. The SMILES string of the molecule is CC(=O)C(=C(C)N)c1cc2ccc(=O)n(Cc3ccccn3)c2cc1O. The standard InChI is InChI=1S/C20H19N3O3/c1-12(21)20(13(2)24)16-9-14-6-7-19(26)23(17(14)10-18(16)25)11-15-5-3-4-8-22-15/h3-10,25H,11,21H2,1-2H3. The van der Waals surface area contributed by atoms with Crippen molar-refractivity contribution < 1.29 is 9.90 Å². The molecular weight excluding hydrogens is 330 g/mol. The Hall–Kier alpha value is -3.41. The predicted octanol–water partition coefficient (Wildman–Crippen LogP) is 2.43. The first kappa shape index (κ1) is 17.4. The Bertz CT molecular complexity index is 1080. The Kier molecular flexibility index (Phi) is 4.58. The molecule has 3 aromatic rings. The van der Waals surface area contributed by atoms with Crippen molar-refractivity contribution in [1.29, 1.82) is 0 Å². The number of benzene rings is 1. The zero-order valence-electron chi connectivity index (χ0n) is 14.6. The lowest BCUT2D eigenvalue weighted by Gasteiger charge is -2.14. The highest BCUT2D eigenvalue weighted by Crippen LogP contribution is 2.31. The van der Waals surface area contributed by atoms with Crippen molar-refractivity contribution in [3.05, 3.63) is 76.0 Å². The molecule has 0 aliphatic heterocycles. The monoisotopic (exact) mass is 349 g/mol. The van der Waals surface area contributed by atoms with Crippen LogP contribution in [0.1, 0.15) is 25.1 Å². The fourth-order valence-corrected chi connectivity index (χ4v) is 3.03. The average Bonchev–Trinajstić information content (AvgIpc) is 2.59. The number of phenolic OH excluding ortho intramolecular Hbond substituents is 1. The number of phenols is 1. The maximum absolute atomic E-state index is 12.4. The van der Waals surface area contributed by atoms with E-state index in [4.69, 9.17) is 5.73 Å². The second kappa shape index (κ2) is 6.84. The number of aromatic nitrogens is 2. The van der Waals surface area contributed by atoms with E-state index < -0.39 is 0 Å². The normalized spacial score (nSPS) is 12.1. The first-order chi connectivity index (χ1) is 12.4. The molecule has 1 aromatic carbocycles. The number of hydrogen-bond donors (Lipinski definition) is 2. The van der Waals surface area contributed by atoms with Crippen LogP contribution in [0.5, 0.6) is 5.75 Å². The average molecular weight is 349 g/mol. The van der Waals surface area contributed by atoms with E-state index in [0.29, 0.717) is 22.2 Å². The summed E-state index contributed by atoms with van der Waals surface area (Å²) in [6.45, 7) is 3.29. The summed E-state index contributed by atoms with van der Waals surface area (Å²) >= 11 is 0. The lowest BCUT2D eigenvalue weighted by molar-refractivity contribution is -0.111. The van der Waals surface area contributed by atoms with Crippen molar-refractivity contribution in [3.8, 4) is 5.75 Å². The van der Waals surface area contributed by atoms with Gasteiger partial charge < -0.3 is 15.4 Å². The molecule has 0 fully saturated rings. The highest BCUT2D eigenvalue weighted by Gasteiger charge is 2.16. The molecule has 132 valence electrons. The smallest absolute Gasteiger partial charge is 0.251 e. The van der Waals surface area contributed by atoms with E-state index in [0.717, 1.165) is 5.69 Å². The molecule has 0 saturated carbocycles. The molecule has 3 rings (SSSR count). The molecule has 2 aromatic heterocycles. The van der Waals surface area contributed by atoms with Crippen LogP contribution in [-0.4, -0.2) is 20.4 Å². The van der Waals surface area contributed by atoms with Crippen molar-refractivity contribution in [1.82, 2.24) is 9.55 Å². The first-order valence-electron chi connectivity index (χ1n) is 8.12. The number of fused-ring (bicyclic) bond motifs is 1. The third-order valence-electron chi connectivity index (χ3n) is 4.17. The van der Waals surface area contributed by atoms with Gasteiger partial charge in [-0.15, -0.1) is 0 Å². The molecule has 6 heteroatoms. The highest BCUT2D eigenvalue weighted by molar-refractivity contribution is 6.21. The number of carbonyl (C=O) groups is 1. The number of pyridine rings is 2. The van der Waals surface area contributed by atoms with Crippen LogP contribution < -0.4 is 11.3 Å². The van der Waals surface area contributed by atoms with Crippen molar-refractivity contribution in [2.75, 3.05) is 0 Å². The molecule has 26 heavy (non-hydrogen) atoms. The van der Waals surface area contributed by atoms with Crippen LogP contribution in [0.2, 0.25) is 0 Å². The Balaban J connectivity index is 2.22. The summed E-state index contributed by atoms with van der Waals surface area (Å²) in [5.74, 6) is -0.339. The summed E-state index contributed by atoms with van der Waals surface area (Å²) in [7, 11) is 0. The zero-order valence-corrected chi connectivity index (χ0v) is 14.6. The largest absolute Gasteiger partial charge is 0.507 e. The topological polar surface area (TPSA) is 98.2 Å². The van der Waals surface area contributed by atoms with Crippen molar-refractivity contribution >= 4 is 22.3 Å². The van der Waals surface area contributed by atoms with E-state index in [1.807, 2.05) is 12.1 Å². The molecular formula is C20H19N3O3. The molecule has 0 aliphatic rings. The minimum Gasteiger partial charge on any atom is -0.507 e. The fourth-order valence-electron chi connectivity index (χ4n) is 3.03. The zero-order chi connectivity index (χ0) is 18.8. The first-order valence-corrected chi connectivity index (χ1v) is 8.12. The number of nitrogens with two attached hydrogens (primary N) is 1. The maximum atomic E-state index is 12.4. The van der Waals surface area contributed by atoms with E-state index in [9.17, 15) is 14.7 Å². The summed E-state index contributed by atoms with van der Waals surface area (Å²) in [6, 6.07) is 11.8. The van der Waals surface area contributed by atoms with Gasteiger partial charge in [0, 0.05) is 35.2 Å². The van der Waals surface area contributed by atoms with E-state index in [-0.39, 0.29) is 29.2 Å². The van der Waals surface area contributed by atoms with E-state index in [2.05, 4.69) is 4.98 Å². The van der Waals surface area contributed by atoms with E-state index >= 15 is 0 Å². The molecule has 0 unspecified atom stereocenters. The van der Waals surface area contributed by atoms with Crippen molar-refractivity contribution in [2.45, 2.75) is 20.4 Å². The van der Waals surface area contributed by atoms with Gasteiger partial charge in [0.2, 0.25) is 0 Å². The minimum absolute atomic E-state index is 0.104. The second-order valence-corrected chi connectivity index (χ2v) is 6.12. The van der Waals surface area contributed by atoms with Crippen LogP contribution in [0.3, 0.4) is 0 Å². The third-order valence-corrected chi connectivity index (χ3v) is 4.17. The lowest BCUT2D eigenvalue weighted by Crippen LogP contribution is -2.20. The maximum Gasteiger partial charge on any atom is 0.251 e. The highest BCUT2D eigenvalue weighted by atomic mass is 16.3. The predicted molar refractivity (Wildman–Crippen MR) is 101 cm³/mol. The molecule has 0 radical (unpaired) electrons. The summed E-state index contributed by atoms with van der Waals surface area (Å²) in [5, 5.41) is 11.2. The van der Waals surface area contributed by atoms with Gasteiger partial charge in [-0.05, 0) is 43.5 Å². The summed E-state index contributed by atoms with van der Waals surface area (Å²) in [5.41, 5.74) is 7.86. The van der Waals surface area contributed by atoms with Crippen LogP contribution in [0.4, 0.5) is 0 Å². The van der Waals surface area contributed by atoms with Gasteiger partial charge in [-0.25, -0.2) is 0 Å². The fraction of sp³-hybridized carbons (Fsp3) is 0.150. The van der Waals surface area contributed by atoms with Crippen LogP contribution in [0, 0.1) is 0 Å². The third kappa shape index (κ3) is 3.21. The molecule has 3 N–H and O–H groups in total. The molecule has 2 heterocycles. The molecule has 0 aliphatic carbocycles. The number of Topliss-reactive ketones (excluding diaryl/α,β-unsaturated/α-hetero) is 1. The van der Waals surface area contributed by atoms with Crippen molar-refractivity contribution in [3.63, 3.8) is 0 Å². The molecule has 6 nitrogen and oxygen atoms in total. The van der Waals surface area contributed by atoms with Crippen LogP contribution in [0.25, 0.3) is 16.5 Å². The molecule has 0 saturated heterocycles. The number of ketones is 1. The Morgan fingerprint density at radius 2 is 1.96 bits per heavy atom. The van der Waals surface area contributed by atoms with Gasteiger partial charge in [0.1, 0.15) is 5.75 Å². The van der Waals surface area contributed by atoms with E-state index in [1.54, 1.807) is 31.3 Å². The summed E-state index contributed by atoms with van der Waals surface area (Å²) < 4.78 is 1.54. The number of hydrogen-bond acceptors (Lipinski definition) is 5. The summed E-state index contributed by atoms with van der Waals surface area (Å²) in [4.78, 5) is 28.5. The molecule has 0 atom stereocenters. The number of carbonyl (C=O) groups excluding carboxylic acids is 1. The number of nitrogens with zero attached hydrogens (tertiary/aromatic N) is 2.